The third-order valence-corrected chi connectivity index (χ3v) is 5.18. The van der Waals surface area contributed by atoms with Gasteiger partial charge in [0.15, 0.2) is 0 Å². The van der Waals surface area contributed by atoms with Crippen molar-refractivity contribution < 1.29 is 5.11 Å². The number of halogens is 4. The van der Waals surface area contributed by atoms with Gasteiger partial charge in [0.2, 0.25) is 5.13 Å². The molecule has 0 amide bonds. The van der Waals surface area contributed by atoms with E-state index in [-0.39, 0.29) is 17.3 Å². The van der Waals surface area contributed by atoms with Gasteiger partial charge in [-0.3, -0.25) is 0 Å². The van der Waals surface area contributed by atoms with E-state index < -0.39 is 0 Å². The molecule has 0 saturated heterocycles. The van der Waals surface area contributed by atoms with Gasteiger partial charge in [-0.1, -0.05) is 52.5 Å². The van der Waals surface area contributed by atoms with Crippen LogP contribution in [-0.2, 0) is 6.54 Å². The van der Waals surface area contributed by atoms with Gasteiger partial charge in [0, 0.05) is 21.5 Å². The summed E-state index contributed by atoms with van der Waals surface area (Å²) in [5.41, 5.74) is 2.06. The molecule has 1 heterocycles. The zero-order chi connectivity index (χ0) is 18.0. The van der Waals surface area contributed by atoms with Crippen LogP contribution in [0.3, 0.4) is 0 Å². The number of aromatic hydroxyl groups is 1. The van der Waals surface area contributed by atoms with Crippen LogP contribution >= 0.6 is 57.7 Å². The van der Waals surface area contributed by atoms with E-state index in [4.69, 9.17) is 46.4 Å². The Kier molecular flexibility index (Phi) is 5.81. The van der Waals surface area contributed by atoms with Crippen LogP contribution in [0.4, 0.5) is 5.13 Å². The summed E-state index contributed by atoms with van der Waals surface area (Å²) in [5.74, 6) is -0.0550. The summed E-state index contributed by atoms with van der Waals surface area (Å²) in [5, 5.41) is 21.9. The van der Waals surface area contributed by atoms with E-state index >= 15 is 0 Å². The molecule has 25 heavy (non-hydrogen) atoms. The molecule has 128 valence electrons. The molecule has 0 aliphatic carbocycles. The van der Waals surface area contributed by atoms with Crippen molar-refractivity contribution in [3.8, 4) is 17.0 Å². The number of phenolic OH excluding ortho intramolecular Hbond substituents is 1. The third-order valence-electron chi connectivity index (χ3n) is 3.21. The molecule has 3 aromatic rings. The highest BCUT2D eigenvalue weighted by atomic mass is 35.5. The predicted octanol–water partition coefficient (Wildman–Crippen LogP) is 7.41. The summed E-state index contributed by atoms with van der Waals surface area (Å²) >= 11 is 25.1. The lowest BCUT2D eigenvalue weighted by molar-refractivity contribution is 0.468. The Labute approximate surface area is 167 Å². The average Bonchev–Trinajstić information content (AvgIpc) is 3.03. The maximum absolute atomic E-state index is 9.89. The Balaban J connectivity index is 1.75. The molecule has 9 heteroatoms. The van der Waals surface area contributed by atoms with Crippen LogP contribution in [0.25, 0.3) is 11.3 Å². The normalized spacial score (nSPS) is 11.4. The lowest BCUT2D eigenvalue weighted by Gasteiger charge is -2.03. The third kappa shape index (κ3) is 4.43. The lowest BCUT2D eigenvalue weighted by atomic mass is 10.2. The van der Waals surface area contributed by atoms with Crippen molar-refractivity contribution in [2.45, 2.75) is 6.54 Å². The van der Waals surface area contributed by atoms with Crippen molar-refractivity contribution in [3.63, 3.8) is 0 Å². The van der Waals surface area contributed by atoms with E-state index in [1.54, 1.807) is 18.2 Å². The van der Waals surface area contributed by atoms with Crippen molar-refractivity contribution >= 4 is 62.9 Å². The molecule has 0 fully saturated rings. The van der Waals surface area contributed by atoms with Crippen molar-refractivity contribution in [1.29, 1.82) is 0 Å². The highest BCUT2D eigenvalue weighted by molar-refractivity contribution is 7.13. The van der Waals surface area contributed by atoms with Gasteiger partial charge in [-0.25, -0.2) is 4.98 Å². The highest BCUT2D eigenvalue weighted by Gasteiger charge is 2.09. The summed E-state index contributed by atoms with van der Waals surface area (Å²) in [6, 6.07) is 8.34. The second kappa shape index (κ2) is 7.89. The minimum absolute atomic E-state index is 0.0550. The molecular formula is C16H9Cl4N3OS. The van der Waals surface area contributed by atoms with E-state index in [0.717, 1.165) is 11.3 Å². The Hall–Kier alpha value is -1.37. The van der Waals surface area contributed by atoms with E-state index in [1.165, 1.54) is 17.4 Å². The number of azo groups is 1. The summed E-state index contributed by atoms with van der Waals surface area (Å²) in [7, 11) is 0. The summed E-state index contributed by atoms with van der Waals surface area (Å²) < 4.78 is 0. The van der Waals surface area contributed by atoms with Gasteiger partial charge in [-0.05, 0) is 24.3 Å². The van der Waals surface area contributed by atoms with Crippen LogP contribution in [0.15, 0.2) is 45.9 Å². The molecule has 0 radical (unpaired) electrons. The van der Waals surface area contributed by atoms with Gasteiger partial charge < -0.3 is 5.11 Å². The van der Waals surface area contributed by atoms with Crippen molar-refractivity contribution in [1.82, 2.24) is 4.98 Å². The summed E-state index contributed by atoms with van der Waals surface area (Å²) in [6.45, 7) is 0.133. The second-order valence-electron chi connectivity index (χ2n) is 4.94. The van der Waals surface area contributed by atoms with Crippen molar-refractivity contribution in [2.24, 2.45) is 10.2 Å². The smallest absolute Gasteiger partial charge is 0.230 e. The van der Waals surface area contributed by atoms with E-state index in [9.17, 15) is 5.11 Å². The highest BCUT2D eigenvalue weighted by Crippen LogP contribution is 2.33. The van der Waals surface area contributed by atoms with Crippen LogP contribution < -0.4 is 0 Å². The molecule has 0 aliphatic heterocycles. The Morgan fingerprint density at radius 3 is 2.56 bits per heavy atom. The molecule has 0 bridgehead atoms. The molecule has 1 aromatic heterocycles. The largest absolute Gasteiger partial charge is 0.506 e. The first-order valence-electron chi connectivity index (χ1n) is 6.89. The minimum Gasteiger partial charge on any atom is -0.506 e. The van der Waals surface area contributed by atoms with Crippen LogP contribution in [0.2, 0.25) is 20.1 Å². The first kappa shape index (κ1) is 18.4. The maximum Gasteiger partial charge on any atom is 0.230 e. The van der Waals surface area contributed by atoms with Gasteiger partial charge >= 0.3 is 0 Å². The number of benzene rings is 2. The number of phenols is 1. The molecule has 0 atom stereocenters. The van der Waals surface area contributed by atoms with Crippen molar-refractivity contribution in [3.05, 3.63) is 61.4 Å². The number of thiazole rings is 1. The van der Waals surface area contributed by atoms with Crippen molar-refractivity contribution in [2.75, 3.05) is 0 Å². The first-order chi connectivity index (χ1) is 11.9. The Bertz CT molecular complexity index is 959. The molecule has 0 aliphatic rings. The monoisotopic (exact) mass is 431 g/mol. The van der Waals surface area contributed by atoms with E-state index in [2.05, 4.69) is 15.2 Å². The van der Waals surface area contributed by atoms with Gasteiger partial charge in [0.05, 0.1) is 27.3 Å². The molecular weight excluding hydrogens is 424 g/mol. The van der Waals surface area contributed by atoms with Gasteiger partial charge in [-0.15, -0.1) is 16.5 Å². The lowest BCUT2D eigenvalue weighted by Crippen LogP contribution is -1.83. The molecule has 2 aromatic carbocycles. The van der Waals surface area contributed by atoms with Gasteiger partial charge in [-0.2, -0.15) is 5.11 Å². The number of hydrogen-bond acceptors (Lipinski definition) is 5. The molecule has 3 rings (SSSR count). The molecule has 4 nitrogen and oxygen atoms in total. The molecule has 0 saturated carbocycles. The summed E-state index contributed by atoms with van der Waals surface area (Å²) in [4.78, 5) is 4.38. The maximum atomic E-state index is 9.89. The fourth-order valence-electron chi connectivity index (χ4n) is 2.01. The Morgan fingerprint density at radius 2 is 1.80 bits per heavy atom. The molecule has 0 spiro atoms. The molecule has 1 N–H and O–H groups in total. The topological polar surface area (TPSA) is 57.8 Å². The SMILES string of the molecule is Oc1c(Cl)cc(Cl)cc1CN=Nc1nc(-c2ccc(Cl)c(Cl)c2)cs1. The van der Waals surface area contributed by atoms with Crippen LogP contribution in [-0.4, -0.2) is 10.1 Å². The fraction of sp³-hybridized carbons (Fsp3) is 0.0625. The van der Waals surface area contributed by atoms with Crippen LogP contribution in [0, 0.1) is 0 Å². The summed E-state index contributed by atoms with van der Waals surface area (Å²) in [6.07, 6.45) is 0. The van der Waals surface area contributed by atoms with E-state index in [0.29, 0.717) is 25.8 Å². The minimum atomic E-state index is -0.0550. The van der Waals surface area contributed by atoms with Crippen LogP contribution in [0.5, 0.6) is 5.75 Å². The predicted molar refractivity (Wildman–Crippen MR) is 104 cm³/mol. The zero-order valence-electron chi connectivity index (χ0n) is 12.4. The second-order valence-corrected chi connectivity index (χ2v) is 7.43. The number of rotatable bonds is 4. The standard InChI is InChI=1S/C16H9Cl4N3OS/c17-10-3-9(15(24)13(20)5-10)6-21-23-16-22-14(7-25-16)8-1-2-11(18)12(19)4-8/h1-5,7,24H,6H2. The zero-order valence-corrected chi connectivity index (χ0v) is 16.2. The van der Waals surface area contributed by atoms with Crippen LogP contribution in [0.1, 0.15) is 5.56 Å². The number of hydrogen-bond donors (Lipinski definition) is 1. The average molecular weight is 433 g/mol. The number of nitrogens with zero attached hydrogens (tertiary/aromatic N) is 3. The van der Waals surface area contributed by atoms with Gasteiger partial charge in [0.1, 0.15) is 5.75 Å². The quantitative estimate of drug-likeness (QED) is 0.436. The molecule has 0 unspecified atom stereocenters. The van der Waals surface area contributed by atoms with Gasteiger partial charge in [0.25, 0.3) is 0 Å². The van der Waals surface area contributed by atoms with E-state index in [1.807, 2.05) is 11.4 Å². The Morgan fingerprint density at radius 1 is 1.00 bits per heavy atom. The first-order valence-corrected chi connectivity index (χ1v) is 9.28. The number of aromatic nitrogens is 1. The fourth-order valence-corrected chi connectivity index (χ4v) is 3.51.